The molecule has 1 rings (SSSR count). The van der Waals surface area contributed by atoms with E-state index in [0.717, 1.165) is 6.54 Å². The monoisotopic (exact) mass is 274 g/mol. The molecule has 0 amide bonds. The molecule has 0 atom stereocenters. The van der Waals surface area contributed by atoms with E-state index in [1.807, 2.05) is 20.8 Å². The van der Waals surface area contributed by atoms with Crippen LogP contribution in [0.15, 0.2) is 18.2 Å². The third-order valence-electron chi connectivity index (χ3n) is 3.05. The molecule has 0 aliphatic heterocycles. The van der Waals surface area contributed by atoms with Crippen molar-refractivity contribution >= 4 is 5.69 Å². The van der Waals surface area contributed by atoms with Crippen molar-refractivity contribution in [1.82, 2.24) is 5.32 Å². The predicted octanol–water partition coefficient (Wildman–Crippen LogP) is 3.66. The van der Waals surface area contributed by atoms with Gasteiger partial charge in [-0.3, -0.25) is 0 Å². The van der Waals surface area contributed by atoms with Gasteiger partial charge in [-0.2, -0.15) is 13.2 Å². The van der Waals surface area contributed by atoms with E-state index >= 15 is 0 Å². The summed E-state index contributed by atoms with van der Waals surface area (Å²) in [6.07, 6.45) is -4.32. The van der Waals surface area contributed by atoms with Crippen molar-refractivity contribution in [2.75, 3.05) is 24.5 Å². The summed E-state index contributed by atoms with van der Waals surface area (Å²) in [5.41, 5.74) is 0.370. The van der Waals surface area contributed by atoms with Gasteiger partial charge in [-0.15, -0.1) is 0 Å². The summed E-state index contributed by atoms with van der Waals surface area (Å²) in [5.74, 6) is 0. The molecule has 1 N–H and O–H groups in total. The molecule has 0 radical (unpaired) electrons. The summed E-state index contributed by atoms with van der Waals surface area (Å²) in [5, 5.41) is 3.04. The second kappa shape index (κ2) is 6.80. The average molecular weight is 274 g/mol. The van der Waals surface area contributed by atoms with Crippen LogP contribution in [0.3, 0.4) is 0 Å². The van der Waals surface area contributed by atoms with Crippen LogP contribution in [0.25, 0.3) is 0 Å². The number of nitrogens with one attached hydrogen (secondary N) is 1. The summed E-state index contributed by atoms with van der Waals surface area (Å²) >= 11 is 0. The molecule has 0 fully saturated rings. The quantitative estimate of drug-likeness (QED) is 0.851. The third kappa shape index (κ3) is 4.13. The Morgan fingerprint density at radius 1 is 1.11 bits per heavy atom. The molecule has 108 valence electrons. The van der Waals surface area contributed by atoms with Crippen LogP contribution < -0.4 is 10.2 Å². The fourth-order valence-electron chi connectivity index (χ4n) is 2.03. The normalized spacial score (nSPS) is 11.7. The van der Waals surface area contributed by atoms with Crippen LogP contribution in [0, 0.1) is 0 Å². The van der Waals surface area contributed by atoms with Gasteiger partial charge in [0.2, 0.25) is 0 Å². The molecule has 0 bridgehead atoms. The molecule has 0 unspecified atom stereocenters. The van der Waals surface area contributed by atoms with E-state index in [1.165, 1.54) is 6.07 Å². The molecule has 1 aromatic carbocycles. The van der Waals surface area contributed by atoms with Crippen molar-refractivity contribution in [2.45, 2.75) is 33.5 Å². The van der Waals surface area contributed by atoms with E-state index in [9.17, 15) is 13.2 Å². The minimum absolute atomic E-state index is 0.262. The smallest absolute Gasteiger partial charge is 0.372 e. The molecule has 2 nitrogen and oxygen atoms in total. The highest BCUT2D eigenvalue weighted by Gasteiger charge is 2.34. The number of anilines is 1. The van der Waals surface area contributed by atoms with E-state index in [2.05, 4.69) is 5.32 Å². The summed E-state index contributed by atoms with van der Waals surface area (Å²) in [4.78, 5) is 1.72. The van der Waals surface area contributed by atoms with Gasteiger partial charge in [0.15, 0.2) is 0 Å². The van der Waals surface area contributed by atoms with Crippen LogP contribution in [-0.2, 0) is 12.7 Å². The van der Waals surface area contributed by atoms with Crippen LogP contribution in [-0.4, -0.2) is 19.6 Å². The van der Waals surface area contributed by atoms with Gasteiger partial charge >= 0.3 is 6.18 Å². The molecular weight excluding hydrogens is 253 g/mol. The highest BCUT2D eigenvalue weighted by molar-refractivity contribution is 5.56. The lowest BCUT2D eigenvalue weighted by atomic mass is 10.1. The summed E-state index contributed by atoms with van der Waals surface area (Å²) in [6, 6.07) is 4.57. The predicted molar refractivity (Wildman–Crippen MR) is 72.4 cm³/mol. The fourth-order valence-corrected chi connectivity index (χ4v) is 2.03. The molecule has 0 saturated carbocycles. The Morgan fingerprint density at radius 3 is 2.21 bits per heavy atom. The summed E-state index contributed by atoms with van der Waals surface area (Å²) < 4.78 is 39.4. The molecule has 0 spiro atoms. The Bertz CT molecular complexity index is 398. The van der Waals surface area contributed by atoms with Gasteiger partial charge in [-0.1, -0.05) is 13.0 Å². The zero-order chi connectivity index (χ0) is 14.5. The first-order chi connectivity index (χ1) is 8.93. The Balaban J connectivity index is 3.17. The summed E-state index contributed by atoms with van der Waals surface area (Å²) in [7, 11) is 0. The SMILES string of the molecule is CCNCc1ccc(N(CC)CC)c(C(F)(F)F)c1. The number of halogens is 3. The molecule has 0 aliphatic rings. The highest BCUT2D eigenvalue weighted by atomic mass is 19.4. The maximum absolute atomic E-state index is 13.1. The lowest BCUT2D eigenvalue weighted by Crippen LogP contribution is -2.25. The maximum Gasteiger partial charge on any atom is 0.418 e. The van der Waals surface area contributed by atoms with Crippen molar-refractivity contribution in [3.8, 4) is 0 Å². The largest absolute Gasteiger partial charge is 0.418 e. The number of hydrogen-bond acceptors (Lipinski definition) is 2. The van der Waals surface area contributed by atoms with E-state index in [0.29, 0.717) is 25.2 Å². The molecule has 0 heterocycles. The average Bonchev–Trinajstić information content (AvgIpc) is 2.37. The zero-order valence-corrected chi connectivity index (χ0v) is 11.6. The third-order valence-corrected chi connectivity index (χ3v) is 3.05. The molecule has 5 heteroatoms. The topological polar surface area (TPSA) is 15.3 Å². The van der Waals surface area contributed by atoms with E-state index < -0.39 is 11.7 Å². The lowest BCUT2D eigenvalue weighted by Gasteiger charge is -2.25. The second-order valence-electron chi connectivity index (χ2n) is 4.30. The standard InChI is InChI=1S/C14H21F3N2/c1-4-18-10-11-7-8-13(19(5-2)6-3)12(9-11)14(15,16)17/h7-9,18H,4-6,10H2,1-3H3. The van der Waals surface area contributed by atoms with Crippen molar-refractivity contribution < 1.29 is 13.2 Å². The van der Waals surface area contributed by atoms with Gasteiger partial charge in [0.25, 0.3) is 0 Å². The zero-order valence-electron chi connectivity index (χ0n) is 11.6. The van der Waals surface area contributed by atoms with E-state index in [1.54, 1.807) is 17.0 Å². The minimum Gasteiger partial charge on any atom is -0.372 e. The first kappa shape index (κ1) is 15.8. The second-order valence-corrected chi connectivity index (χ2v) is 4.30. The van der Waals surface area contributed by atoms with Crippen molar-refractivity contribution in [3.05, 3.63) is 29.3 Å². The molecule has 0 aromatic heterocycles. The van der Waals surface area contributed by atoms with Crippen LogP contribution in [0.1, 0.15) is 31.9 Å². The maximum atomic E-state index is 13.1. The van der Waals surface area contributed by atoms with Crippen LogP contribution in [0.2, 0.25) is 0 Å². The molecular formula is C14H21F3N2. The first-order valence-corrected chi connectivity index (χ1v) is 6.59. The minimum atomic E-state index is -4.32. The lowest BCUT2D eigenvalue weighted by molar-refractivity contribution is -0.137. The van der Waals surface area contributed by atoms with Gasteiger partial charge < -0.3 is 10.2 Å². The van der Waals surface area contributed by atoms with Crippen molar-refractivity contribution in [2.24, 2.45) is 0 Å². The van der Waals surface area contributed by atoms with Crippen molar-refractivity contribution in [3.63, 3.8) is 0 Å². The number of rotatable bonds is 6. The van der Waals surface area contributed by atoms with Crippen molar-refractivity contribution in [1.29, 1.82) is 0 Å². The Morgan fingerprint density at radius 2 is 1.74 bits per heavy atom. The van der Waals surface area contributed by atoms with E-state index in [-0.39, 0.29) is 5.69 Å². The van der Waals surface area contributed by atoms with Crippen LogP contribution >= 0.6 is 0 Å². The Labute approximate surface area is 112 Å². The Hall–Kier alpha value is -1.23. The van der Waals surface area contributed by atoms with Gasteiger partial charge in [0.05, 0.1) is 5.56 Å². The fraction of sp³-hybridized carbons (Fsp3) is 0.571. The van der Waals surface area contributed by atoms with Gasteiger partial charge in [-0.25, -0.2) is 0 Å². The molecule has 1 aromatic rings. The number of benzene rings is 1. The highest BCUT2D eigenvalue weighted by Crippen LogP contribution is 2.37. The molecule has 19 heavy (non-hydrogen) atoms. The summed E-state index contributed by atoms with van der Waals surface area (Å²) in [6.45, 7) is 7.96. The van der Waals surface area contributed by atoms with Gasteiger partial charge in [-0.05, 0) is 38.1 Å². The molecule has 0 saturated heterocycles. The number of nitrogens with zero attached hydrogens (tertiary/aromatic N) is 1. The van der Waals surface area contributed by atoms with Crippen LogP contribution in [0.5, 0.6) is 0 Å². The number of alkyl halides is 3. The van der Waals surface area contributed by atoms with Gasteiger partial charge in [0, 0.05) is 25.3 Å². The van der Waals surface area contributed by atoms with Gasteiger partial charge in [0.1, 0.15) is 0 Å². The first-order valence-electron chi connectivity index (χ1n) is 6.59. The number of hydrogen-bond donors (Lipinski definition) is 1. The Kier molecular flexibility index (Phi) is 5.66. The van der Waals surface area contributed by atoms with Crippen LogP contribution in [0.4, 0.5) is 18.9 Å². The molecule has 0 aliphatic carbocycles. The van der Waals surface area contributed by atoms with E-state index in [4.69, 9.17) is 0 Å².